The maximum Gasteiger partial charge on any atom is 0.240 e. The van der Waals surface area contributed by atoms with Crippen LogP contribution in [-0.2, 0) is 14.8 Å². The van der Waals surface area contributed by atoms with Crippen molar-refractivity contribution in [2.45, 2.75) is 25.2 Å². The van der Waals surface area contributed by atoms with Crippen LogP contribution in [0.5, 0.6) is 0 Å². The van der Waals surface area contributed by atoms with Crippen molar-refractivity contribution in [1.82, 2.24) is 0 Å². The summed E-state index contributed by atoms with van der Waals surface area (Å²) >= 11 is 0. The zero-order chi connectivity index (χ0) is 13.9. The Morgan fingerprint density at radius 3 is 2.50 bits per heavy atom. The van der Waals surface area contributed by atoms with Crippen molar-refractivity contribution in [3.8, 4) is 0 Å². The van der Waals surface area contributed by atoms with E-state index >= 15 is 0 Å². The summed E-state index contributed by atoms with van der Waals surface area (Å²) in [5.41, 5.74) is 0.200. The van der Waals surface area contributed by atoms with Gasteiger partial charge in [-0.05, 0) is 24.1 Å². The lowest BCUT2D eigenvalue weighted by atomic mass is 10.1. The monoisotopic (exact) mass is 274 g/mol. The Morgan fingerprint density at radius 1 is 1.44 bits per heavy atom. The Bertz CT molecular complexity index is 555. The van der Waals surface area contributed by atoms with Crippen molar-refractivity contribution in [2.75, 3.05) is 5.32 Å². The molecule has 1 amide bonds. The van der Waals surface area contributed by atoms with Crippen LogP contribution < -0.4 is 10.5 Å². The number of rotatable bonds is 4. The maximum absolute atomic E-state index is 13.4. The topological polar surface area (TPSA) is 89.3 Å². The van der Waals surface area contributed by atoms with Crippen molar-refractivity contribution in [3.63, 3.8) is 0 Å². The average molecular weight is 274 g/mol. The number of hydrogen-bond acceptors (Lipinski definition) is 3. The fraction of sp³-hybridized carbons (Fsp3) is 0.364. The highest BCUT2D eigenvalue weighted by atomic mass is 32.2. The number of anilines is 1. The minimum atomic E-state index is -4.09. The molecule has 0 heterocycles. The molecule has 100 valence electrons. The number of carbonyl (C=O) groups is 1. The molecule has 0 bridgehead atoms. The molecule has 3 N–H and O–H groups in total. The average Bonchev–Trinajstić information content (AvgIpc) is 2.13. The van der Waals surface area contributed by atoms with Crippen molar-refractivity contribution in [1.29, 1.82) is 0 Å². The fourth-order valence-electron chi connectivity index (χ4n) is 1.39. The van der Waals surface area contributed by atoms with E-state index < -0.39 is 20.7 Å². The number of nitrogens with two attached hydrogens (primary N) is 1. The highest BCUT2D eigenvalue weighted by Gasteiger charge is 2.15. The van der Waals surface area contributed by atoms with Gasteiger partial charge >= 0.3 is 0 Å². The van der Waals surface area contributed by atoms with E-state index in [4.69, 9.17) is 5.14 Å². The first-order valence-electron chi connectivity index (χ1n) is 5.32. The molecule has 0 aliphatic heterocycles. The highest BCUT2D eigenvalue weighted by molar-refractivity contribution is 7.89. The molecule has 1 rings (SSSR count). The minimum Gasteiger partial charge on any atom is -0.326 e. The second kappa shape index (κ2) is 5.45. The molecule has 0 aliphatic carbocycles. The lowest BCUT2D eigenvalue weighted by molar-refractivity contribution is -0.116. The molecule has 7 heteroatoms. The van der Waals surface area contributed by atoms with Crippen LogP contribution in [0.1, 0.15) is 20.3 Å². The molecule has 18 heavy (non-hydrogen) atoms. The molecule has 0 atom stereocenters. The van der Waals surface area contributed by atoms with E-state index in [0.29, 0.717) is 6.42 Å². The van der Waals surface area contributed by atoms with Crippen LogP contribution in [0.2, 0.25) is 0 Å². The smallest absolute Gasteiger partial charge is 0.240 e. The van der Waals surface area contributed by atoms with Gasteiger partial charge in [-0.25, -0.2) is 17.9 Å². The van der Waals surface area contributed by atoms with Gasteiger partial charge < -0.3 is 5.32 Å². The standard InChI is InChI=1S/C11H15FN2O3S/c1-7(2)5-11(15)14-8-3-4-10(9(12)6-8)18(13,16)17/h3-4,6-7H,5H2,1-2H3,(H,14,15)(H2,13,16,17). The third kappa shape index (κ3) is 4.08. The van der Waals surface area contributed by atoms with E-state index in [1.807, 2.05) is 13.8 Å². The molecule has 0 radical (unpaired) electrons. The largest absolute Gasteiger partial charge is 0.326 e. The molecule has 1 aromatic rings. The Kier molecular flexibility index (Phi) is 4.42. The molecular weight excluding hydrogens is 259 g/mol. The van der Waals surface area contributed by atoms with Crippen LogP contribution in [-0.4, -0.2) is 14.3 Å². The van der Waals surface area contributed by atoms with Crippen LogP contribution in [0.15, 0.2) is 23.1 Å². The molecule has 1 aromatic carbocycles. The number of nitrogens with one attached hydrogen (secondary N) is 1. The van der Waals surface area contributed by atoms with Gasteiger partial charge in [0.1, 0.15) is 10.7 Å². The van der Waals surface area contributed by atoms with Crippen molar-refractivity contribution >= 4 is 21.6 Å². The Morgan fingerprint density at radius 2 is 2.06 bits per heavy atom. The van der Waals surface area contributed by atoms with Gasteiger partial charge in [0.2, 0.25) is 15.9 Å². The van der Waals surface area contributed by atoms with Gasteiger partial charge in [0.15, 0.2) is 0 Å². The maximum atomic E-state index is 13.4. The van der Waals surface area contributed by atoms with Crippen LogP contribution in [0, 0.1) is 11.7 Å². The van der Waals surface area contributed by atoms with E-state index in [9.17, 15) is 17.6 Å². The molecule has 0 fully saturated rings. The van der Waals surface area contributed by atoms with Crippen molar-refractivity contribution in [2.24, 2.45) is 11.1 Å². The lowest BCUT2D eigenvalue weighted by Gasteiger charge is -2.08. The van der Waals surface area contributed by atoms with Gasteiger partial charge in [0.05, 0.1) is 0 Å². The Hall–Kier alpha value is -1.47. The summed E-state index contributed by atoms with van der Waals surface area (Å²) in [7, 11) is -4.09. The Balaban J connectivity index is 2.89. The van der Waals surface area contributed by atoms with E-state index in [1.54, 1.807) is 0 Å². The summed E-state index contributed by atoms with van der Waals surface area (Å²) in [5.74, 6) is -1.06. The van der Waals surface area contributed by atoms with Gasteiger partial charge in [-0.2, -0.15) is 0 Å². The molecule has 0 unspecified atom stereocenters. The second-order valence-corrected chi connectivity index (χ2v) is 5.87. The zero-order valence-corrected chi connectivity index (χ0v) is 10.9. The van der Waals surface area contributed by atoms with Crippen LogP contribution in [0.25, 0.3) is 0 Å². The van der Waals surface area contributed by atoms with Gasteiger partial charge in [-0.1, -0.05) is 13.8 Å². The zero-order valence-electron chi connectivity index (χ0n) is 10.1. The molecule has 0 saturated carbocycles. The van der Waals surface area contributed by atoms with Gasteiger partial charge in [0, 0.05) is 12.1 Å². The SMILES string of the molecule is CC(C)CC(=O)Nc1ccc(S(N)(=O)=O)c(F)c1. The number of amides is 1. The predicted octanol–water partition coefficient (Wildman–Crippen LogP) is 1.46. The number of benzene rings is 1. The normalized spacial score (nSPS) is 11.6. The number of primary sulfonamides is 1. The van der Waals surface area contributed by atoms with Crippen LogP contribution in [0.4, 0.5) is 10.1 Å². The molecular formula is C11H15FN2O3S. The molecule has 0 saturated heterocycles. The van der Waals surface area contributed by atoms with E-state index in [0.717, 1.165) is 12.1 Å². The van der Waals surface area contributed by atoms with Crippen molar-refractivity contribution < 1.29 is 17.6 Å². The predicted molar refractivity (Wildman–Crippen MR) is 65.9 cm³/mol. The number of carbonyl (C=O) groups excluding carboxylic acids is 1. The lowest BCUT2D eigenvalue weighted by Crippen LogP contribution is -2.16. The van der Waals surface area contributed by atoms with Crippen LogP contribution >= 0.6 is 0 Å². The van der Waals surface area contributed by atoms with E-state index in [-0.39, 0.29) is 17.5 Å². The van der Waals surface area contributed by atoms with Gasteiger partial charge in [0.25, 0.3) is 0 Å². The summed E-state index contributed by atoms with van der Waals surface area (Å²) in [6.45, 7) is 3.76. The van der Waals surface area contributed by atoms with E-state index in [1.165, 1.54) is 6.07 Å². The highest BCUT2D eigenvalue weighted by Crippen LogP contribution is 2.18. The summed E-state index contributed by atoms with van der Waals surface area (Å²) in [5, 5.41) is 7.30. The number of sulfonamides is 1. The minimum absolute atomic E-state index is 0.179. The third-order valence-electron chi connectivity index (χ3n) is 2.12. The van der Waals surface area contributed by atoms with Crippen LogP contribution in [0.3, 0.4) is 0 Å². The first-order chi connectivity index (χ1) is 8.20. The number of hydrogen-bond donors (Lipinski definition) is 2. The quantitative estimate of drug-likeness (QED) is 0.871. The number of halogens is 1. The second-order valence-electron chi connectivity index (χ2n) is 4.34. The first kappa shape index (κ1) is 14.6. The summed E-state index contributed by atoms with van der Waals surface area (Å²) in [4.78, 5) is 10.8. The molecule has 5 nitrogen and oxygen atoms in total. The van der Waals surface area contributed by atoms with E-state index in [2.05, 4.69) is 5.32 Å². The summed E-state index contributed by atoms with van der Waals surface area (Å²) in [6, 6.07) is 3.24. The van der Waals surface area contributed by atoms with Gasteiger partial charge in [-0.15, -0.1) is 0 Å². The molecule has 0 spiro atoms. The van der Waals surface area contributed by atoms with Gasteiger partial charge in [-0.3, -0.25) is 4.79 Å². The fourth-order valence-corrected chi connectivity index (χ4v) is 1.98. The summed E-state index contributed by atoms with van der Waals surface area (Å²) in [6.07, 6.45) is 0.304. The molecule has 0 aliphatic rings. The Labute approximate surface area is 105 Å². The summed E-state index contributed by atoms with van der Waals surface area (Å²) < 4.78 is 35.4. The first-order valence-corrected chi connectivity index (χ1v) is 6.87. The molecule has 0 aromatic heterocycles. The third-order valence-corrected chi connectivity index (χ3v) is 3.06. The van der Waals surface area contributed by atoms with Crippen molar-refractivity contribution in [3.05, 3.63) is 24.0 Å².